The molecule has 1 aliphatic carbocycles. The third-order valence-corrected chi connectivity index (χ3v) is 9.57. The van der Waals surface area contributed by atoms with Crippen molar-refractivity contribution in [2.24, 2.45) is 16.5 Å². The Balaban J connectivity index is 1.60. The molecule has 3 rings (SSSR count). The number of halogens is 1. The number of rotatable bonds is 6. The van der Waals surface area contributed by atoms with E-state index in [0.717, 1.165) is 44.1 Å². The molecule has 1 aromatic rings. The van der Waals surface area contributed by atoms with Crippen LogP contribution in [-0.2, 0) is 29.5 Å². The summed E-state index contributed by atoms with van der Waals surface area (Å²) in [5.41, 5.74) is -0.350. The van der Waals surface area contributed by atoms with Gasteiger partial charge in [-0.05, 0) is 55.2 Å². The Kier molecular flexibility index (Phi) is 6.82. The second-order valence-corrected chi connectivity index (χ2v) is 14.3. The van der Waals surface area contributed by atoms with E-state index in [4.69, 9.17) is 4.84 Å². The summed E-state index contributed by atoms with van der Waals surface area (Å²) in [6.07, 6.45) is 4.75. The van der Waals surface area contributed by atoms with Crippen molar-refractivity contribution in [1.82, 2.24) is 0 Å². The van der Waals surface area contributed by atoms with Crippen LogP contribution in [0.5, 0.6) is 0 Å². The van der Waals surface area contributed by atoms with E-state index < -0.39 is 48.0 Å². The van der Waals surface area contributed by atoms with Gasteiger partial charge in [-0.2, -0.15) is 0 Å². The van der Waals surface area contributed by atoms with Gasteiger partial charge in [0.25, 0.3) is 5.91 Å². The summed E-state index contributed by atoms with van der Waals surface area (Å²) in [5.74, 6) is -0.901. The molecule has 1 saturated carbocycles. The summed E-state index contributed by atoms with van der Waals surface area (Å²) >= 11 is 0. The molecule has 33 heavy (non-hydrogen) atoms. The van der Waals surface area contributed by atoms with Crippen molar-refractivity contribution >= 4 is 42.9 Å². The zero-order valence-corrected chi connectivity index (χ0v) is 20.8. The average molecular weight is 504 g/mol. The van der Waals surface area contributed by atoms with Crippen LogP contribution in [0.1, 0.15) is 52.9 Å². The summed E-state index contributed by atoms with van der Waals surface area (Å²) in [6, 6.07) is 3.35. The highest BCUT2D eigenvalue weighted by molar-refractivity contribution is 8.08. The molecule has 1 aromatic carbocycles. The van der Waals surface area contributed by atoms with Crippen molar-refractivity contribution in [3.63, 3.8) is 0 Å². The van der Waals surface area contributed by atoms with Crippen LogP contribution in [0.25, 0.3) is 0 Å². The number of hydrogen-bond acceptors (Lipinski definition) is 7. The van der Waals surface area contributed by atoms with Crippen LogP contribution in [0.15, 0.2) is 23.4 Å². The number of nitrogens with one attached hydrogen (secondary N) is 2. The Bertz CT molecular complexity index is 1160. The molecule has 1 spiro atoms. The van der Waals surface area contributed by atoms with Crippen LogP contribution in [0.3, 0.4) is 0 Å². The highest BCUT2D eigenvalue weighted by atomic mass is 32.3. The fourth-order valence-electron chi connectivity index (χ4n) is 4.28. The molecule has 0 radical (unpaired) electrons. The summed E-state index contributed by atoms with van der Waals surface area (Å²) in [5, 5.41) is 5.36. The minimum atomic E-state index is -4.29. The quantitative estimate of drug-likeness (QED) is 0.613. The molecule has 0 aromatic heterocycles. The van der Waals surface area contributed by atoms with Crippen molar-refractivity contribution in [1.29, 1.82) is 0 Å². The standard InChI is InChI=1S/C21H30FN3O6S2/c1-20(2,3)14-7-9-21(10-8-14)12-18(24-31-21)19(26)23-15-5-6-17(16(22)11-15)25-33(29,30)13-32(4,27)28/h5-6,11,14,25H,7-10,12-13H2,1-4H3,(H,23,26). The Morgan fingerprint density at radius 1 is 1.21 bits per heavy atom. The van der Waals surface area contributed by atoms with E-state index in [0.29, 0.717) is 12.3 Å². The van der Waals surface area contributed by atoms with E-state index in [1.165, 1.54) is 6.07 Å². The fourth-order valence-corrected chi connectivity index (χ4v) is 7.27. The number of nitrogens with zero attached hydrogens (tertiary/aromatic N) is 1. The van der Waals surface area contributed by atoms with Gasteiger partial charge in [0.1, 0.15) is 17.1 Å². The first-order valence-corrected chi connectivity index (χ1v) is 14.3. The lowest BCUT2D eigenvalue weighted by Crippen LogP contribution is -2.38. The van der Waals surface area contributed by atoms with Gasteiger partial charge in [0.05, 0.1) is 5.69 Å². The topological polar surface area (TPSA) is 131 Å². The van der Waals surface area contributed by atoms with Crippen LogP contribution >= 0.6 is 0 Å². The van der Waals surface area contributed by atoms with Crippen molar-refractivity contribution < 1.29 is 30.9 Å². The number of anilines is 2. The second kappa shape index (κ2) is 8.86. The summed E-state index contributed by atoms with van der Waals surface area (Å²) in [7, 11) is -8.12. The van der Waals surface area contributed by atoms with Crippen LogP contribution in [-0.4, -0.2) is 45.4 Å². The van der Waals surface area contributed by atoms with Crippen LogP contribution < -0.4 is 10.0 Å². The molecule has 0 atom stereocenters. The Labute approximate surface area is 194 Å². The molecule has 1 heterocycles. The number of amides is 1. The summed E-state index contributed by atoms with van der Waals surface area (Å²) in [6.45, 7) is 6.67. The fraction of sp³-hybridized carbons (Fsp3) is 0.619. The lowest BCUT2D eigenvalue weighted by molar-refractivity contribution is -0.110. The van der Waals surface area contributed by atoms with Gasteiger partial charge in [0, 0.05) is 18.4 Å². The molecule has 2 aliphatic rings. The van der Waals surface area contributed by atoms with Gasteiger partial charge in [-0.15, -0.1) is 0 Å². The lowest BCUT2D eigenvalue weighted by Gasteiger charge is -2.40. The molecule has 9 nitrogen and oxygen atoms in total. The predicted molar refractivity (Wildman–Crippen MR) is 125 cm³/mol. The maximum absolute atomic E-state index is 14.4. The van der Waals surface area contributed by atoms with E-state index in [1.54, 1.807) is 0 Å². The molecule has 1 amide bonds. The van der Waals surface area contributed by atoms with Crippen LogP contribution in [0.2, 0.25) is 0 Å². The molecule has 184 valence electrons. The molecular formula is C21H30FN3O6S2. The third-order valence-electron chi connectivity index (χ3n) is 6.08. The number of oxime groups is 1. The number of benzene rings is 1. The first-order valence-electron chi connectivity index (χ1n) is 10.6. The maximum Gasteiger partial charge on any atom is 0.273 e. The van der Waals surface area contributed by atoms with Crippen molar-refractivity contribution in [2.45, 2.75) is 58.5 Å². The van der Waals surface area contributed by atoms with Gasteiger partial charge in [-0.3, -0.25) is 9.52 Å². The van der Waals surface area contributed by atoms with E-state index in [-0.39, 0.29) is 16.8 Å². The van der Waals surface area contributed by atoms with Gasteiger partial charge in [-0.1, -0.05) is 25.9 Å². The molecule has 1 aliphatic heterocycles. The normalized spacial score (nSPS) is 23.7. The van der Waals surface area contributed by atoms with Crippen molar-refractivity contribution in [2.75, 3.05) is 21.4 Å². The molecule has 0 saturated heterocycles. The van der Waals surface area contributed by atoms with Crippen LogP contribution in [0, 0.1) is 17.2 Å². The monoisotopic (exact) mass is 503 g/mol. The largest absolute Gasteiger partial charge is 0.388 e. The van der Waals surface area contributed by atoms with Crippen LogP contribution in [0.4, 0.5) is 15.8 Å². The minimum Gasteiger partial charge on any atom is -0.388 e. The highest BCUT2D eigenvalue weighted by Gasteiger charge is 2.45. The smallest absolute Gasteiger partial charge is 0.273 e. The van der Waals surface area contributed by atoms with Gasteiger partial charge in [0.15, 0.2) is 14.9 Å². The minimum absolute atomic E-state index is 0.101. The van der Waals surface area contributed by atoms with Gasteiger partial charge in [0.2, 0.25) is 10.0 Å². The number of sulfone groups is 1. The van der Waals surface area contributed by atoms with Gasteiger partial charge in [-0.25, -0.2) is 21.2 Å². The second-order valence-electron chi connectivity index (χ2n) is 10.0. The first kappa shape index (κ1) is 25.4. The number of carbonyl (C=O) groups excluding carboxylic acids is 1. The highest BCUT2D eigenvalue weighted by Crippen LogP contribution is 2.46. The van der Waals surface area contributed by atoms with Crippen molar-refractivity contribution in [3.8, 4) is 0 Å². The SMILES string of the molecule is CC(C)(C)C1CCC2(CC1)CC(C(=O)Nc1ccc(NS(=O)(=O)CS(C)(=O)=O)c(F)c1)=NO2. The molecule has 2 N–H and O–H groups in total. The third kappa shape index (κ3) is 6.66. The molecular weight excluding hydrogens is 473 g/mol. The lowest BCUT2D eigenvalue weighted by atomic mass is 9.67. The number of hydrogen-bond donors (Lipinski definition) is 2. The van der Waals surface area contributed by atoms with Gasteiger partial charge >= 0.3 is 0 Å². The molecule has 1 fully saturated rings. The van der Waals surface area contributed by atoms with E-state index >= 15 is 0 Å². The van der Waals surface area contributed by atoms with E-state index in [2.05, 4.69) is 31.2 Å². The van der Waals surface area contributed by atoms with E-state index in [9.17, 15) is 26.0 Å². The maximum atomic E-state index is 14.4. The van der Waals surface area contributed by atoms with E-state index in [1.807, 2.05) is 4.72 Å². The molecule has 0 unspecified atom stereocenters. The summed E-state index contributed by atoms with van der Waals surface area (Å²) in [4.78, 5) is 18.3. The molecule has 0 bridgehead atoms. The summed E-state index contributed by atoms with van der Waals surface area (Å²) < 4.78 is 62.4. The Morgan fingerprint density at radius 3 is 2.39 bits per heavy atom. The zero-order chi connectivity index (χ0) is 24.7. The van der Waals surface area contributed by atoms with Gasteiger partial charge < -0.3 is 10.2 Å². The number of sulfonamides is 1. The zero-order valence-electron chi connectivity index (χ0n) is 19.1. The molecule has 12 heteroatoms. The van der Waals surface area contributed by atoms with Crippen molar-refractivity contribution in [3.05, 3.63) is 24.0 Å². The predicted octanol–water partition coefficient (Wildman–Crippen LogP) is 3.26. The Morgan fingerprint density at radius 2 is 1.85 bits per heavy atom. The first-order chi connectivity index (χ1) is 15.1. The average Bonchev–Trinajstić information content (AvgIpc) is 3.05. The Hall–Kier alpha value is -2.21. The number of carbonyl (C=O) groups is 1.